The Morgan fingerprint density at radius 2 is 1.77 bits per heavy atom. The van der Waals surface area contributed by atoms with Gasteiger partial charge in [0, 0.05) is 26.2 Å². The molecule has 1 heterocycles. The number of anilines is 1. The smallest absolute Gasteiger partial charge is 0.367 e. The fourth-order valence-electron chi connectivity index (χ4n) is 2.31. The van der Waals surface area contributed by atoms with Crippen LogP contribution in [0, 0.1) is 5.82 Å². The zero-order chi connectivity index (χ0) is 16.2. The van der Waals surface area contributed by atoms with Crippen molar-refractivity contribution in [1.82, 2.24) is 10.2 Å². The maximum atomic E-state index is 13.7. The predicted molar refractivity (Wildman–Crippen MR) is 74.1 cm³/mol. The van der Waals surface area contributed by atoms with E-state index >= 15 is 0 Å². The van der Waals surface area contributed by atoms with E-state index in [2.05, 4.69) is 0 Å². The highest BCUT2D eigenvalue weighted by Gasteiger charge is 2.28. The summed E-state index contributed by atoms with van der Waals surface area (Å²) in [5.41, 5.74) is 0.503. The van der Waals surface area contributed by atoms with Crippen LogP contribution in [-0.2, 0) is 4.79 Å². The van der Waals surface area contributed by atoms with Crippen molar-refractivity contribution in [2.24, 2.45) is 0 Å². The highest BCUT2D eigenvalue weighted by Crippen LogP contribution is 2.20. The molecule has 1 fully saturated rings. The summed E-state index contributed by atoms with van der Waals surface area (Å²) in [5, 5.41) is 1.84. The van der Waals surface area contributed by atoms with Crippen LogP contribution in [0.5, 0.6) is 0 Å². The van der Waals surface area contributed by atoms with Crippen LogP contribution in [0.4, 0.5) is 23.2 Å². The first-order chi connectivity index (χ1) is 10.3. The van der Waals surface area contributed by atoms with Gasteiger partial charge in [-0.1, -0.05) is 12.1 Å². The number of nitrogens with one attached hydrogen (secondary N) is 1. The maximum absolute atomic E-state index is 13.7. The van der Waals surface area contributed by atoms with Crippen LogP contribution >= 0.6 is 0 Å². The molecule has 1 aliphatic rings. The van der Waals surface area contributed by atoms with E-state index in [9.17, 15) is 22.4 Å². The lowest BCUT2D eigenvalue weighted by molar-refractivity contribution is -0.139. The Kier molecular flexibility index (Phi) is 5.23. The first-order valence-electron chi connectivity index (χ1n) is 6.90. The van der Waals surface area contributed by atoms with Crippen LogP contribution < -0.4 is 10.2 Å². The van der Waals surface area contributed by atoms with Crippen LogP contribution in [0.25, 0.3) is 0 Å². The highest BCUT2D eigenvalue weighted by molar-refractivity contribution is 5.78. The SMILES string of the molecule is O=C(CN1CCN(c2ccccc2F)CC1)NCC(F)(F)F. The number of piperazine rings is 1. The van der Waals surface area contributed by atoms with Crippen LogP contribution in [0.15, 0.2) is 24.3 Å². The lowest BCUT2D eigenvalue weighted by atomic mass is 10.2. The van der Waals surface area contributed by atoms with Crippen molar-refractivity contribution in [2.45, 2.75) is 6.18 Å². The van der Waals surface area contributed by atoms with Crippen molar-refractivity contribution in [2.75, 3.05) is 44.2 Å². The van der Waals surface area contributed by atoms with Gasteiger partial charge in [-0.3, -0.25) is 9.69 Å². The van der Waals surface area contributed by atoms with E-state index in [-0.39, 0.29) is 12.4 Å². The Bertz CT molecular complexity index is 513. The molecule has 0 aliphatic carbocycles. The standard InChI is InChI=1S/C14H17F4N3O/c15-11-3-1-2-4-12(11)21-7-5-20(6-8-21)9-13(22)19-10-14(16,17)18/h1-4H,5-10H2,(H,19,22). The summed E-state index contributed by atoms with van der Waals surface area (Å²) in [7, 11) is 0. The molecule has 4 nitrogen and oxygen atoms in total. The summed E-state index contributed by atoms with van der Waals surface area (Å²) < 4.78 is 49.7. The molecule has 1 aliphatic heterocycles. The average molecular weight is 319 g/mol. The topological polar surface area (TPSA) is 35.6 Å². The van der Waals surface area contributed by atoms with E-state index in [1.54, 1.807) is 23.1 Å². The summed E-state index contributed by atoms with van der Waals surface area (Å²) in [6.07, 6.45) is -4.40. The number of alkyl halides is 3. The third kappa shape index (κ3) is 4.87. The Labute approximate surface area is 125 Å². The fraction of sp³-hybridized carbons (Fsp3) is 0.500. The van der Waals surface area contributed by atoms with Crippen LogP contribution in [0.1, 0.15) is 0 Å². The largest absolute Gasteiger partial charge is 0.405 e. The van der Waals surface area contributed by atoms with Gasteiger partial charge >= 0.3 is 6.18 Å². The third-order valence-electron chi connectivity index (χ3n) is 3.42. The molecule has 1 aromatic carbocycles. The second-order valence-corrected chi connectivity index (χ2v) is 5.11. The maximum Gasteiger partial charge on any atom is 0.405 e. The molecule has 0 unspecified atom stereocenters. The number of para-hydroxylation sites is 1. The number of benzene rings is 1. The van der Waals surface area contributed by atoms with Gasteiger partial charge in [0.1, 0.15) is 12.4 Å². The first kappa shape index (κ1) is 16.5. The number of halogens is 4. The van der Waals surface area contributed by atoms with Crippen molar-refractivity contribution in [1.29, 1.82) is 0 Å². The molecule has 0 atom stereocenters. The van der Waals surface area contributed by atoms with Gasteiger partial charge in [0.15, 0.2) is 0 Å². The van der Waals surface area contributed by atoms with Crippen molar-refractivity contribution in [3.05, 3.63) is 30.1 Å². The summed E-state index contributed by atoms with van der Waals surface area (Å²) in [6, 6.07) is 6.42. The van der Waals surface area contributed by atoms with E-state index in [0.29, 0.717) is 31.9 Å². The monoisotopic (exact) mass is 319 g/mol. The lowest BCUT2D eigenvalue weighted by Gasteiger charge is -2.35. The molecule has 0 spiro atoms. The van der Waals surface area contributed by atoms with E-state index in [1.807, 2.05) is 10.2 Å². The Balaban J connectivity index is 1.78. The Morgan fingerprint density at radius 1 is 1.14 bits per heavy atom. The first-order valence-corrected chi connectivity index (χ1v) is 6.90. The summed E-state index contributed by atoms with van der Waals surface area (Å²) in [4.78, 5) is 15.1. The molecular weight excluding hydrogens is 302 g/mol. The molecular formula is C14H17F4N3O. The summed E-state index contributed by atoms with van der Waals surface area (Å²) >= 11 is 0. The summed E-state index contributed by atoms with van der Waals surface area (Å²) in [6.45, 7) is 0.630. The van der Waals surface area contributed by atoms with Gasteiger partial charge in [0.05, 0.1) is 12.2 Å². The van der Waals surface area contributed by atoms with Crippen molar-refractivity contribution < 1.29 is 22.4 Å². The molecule has 22 heavy (non-hydrogen) atoms. The molecule has 2 rings (SSSR count). The van der Waals surface area contributed by atoms with Crippen LogP contribution in [0.2, 0.25) is 0 Å². The number of hydrogen-bond acceptors (Lipinski definition) is 3. The fourth-order valence-corrected chi connectivity index (χ4v) is 2.31. The molecule has 0 bridgehead atoms. The third-order valence-corrected chi connectivity index (χ3v) is 3.42. The molecule has 1 N–H and O–H groups in total. The van der Waals surface area contributed by atoms with Gasteiger partial charge in [-0.05, 0) is 12.1 Å². The number of hydrogen-bond donors (Lipinski definition) is 1. The van der Waals surface area contributed by atoms with E-state index in [0.717, 1.165) is 0 Å². The minimum absolute atomic E-state index is 0.0822. The molecule has 1 amide bonds. The van der Waals surface area contributed by atoms with Crippen molar-refractivity contribution in [3.63, 3.8) is 0 Å². The molecule has 0 aromatic heterocycles. The van der Waals surface area contributed by atoms with Crippen molar-refractivity contribution in [3.8, 4) is 0 Å². The number of rotatable bonds is 4. The minimum Gasteiger partial charge on any atom is -0.367 e. The molecule has 1 saturated heterocycles. The lowest BCUT2D eigenvalue weighted by Crippen LogP contribution is -2.50. The number of carbonyl (C=O) groups excluding carboxylic acids is 1. The minimum atomic E-state index is -4.40. The van der Waals surface area contributed by atoms with E-state index < -0.39 is 18.6 Å². The zero-order valence-corrected chi connectivity index (χ0v) is 11.9. The molecule has 0 radical (unpaired) electrons. The van der Waals surface area contributed by atoms with Gasteiger partial charge < -0.3 is 10.2 Å². The predicted octanol–water partition coefficient (Wildman–Crippen LogP) is 1.63. The average Bonchev–Trinajstić information content (AvgIpc) is 2.46. The summed E-state index contributed by atoms with van der Waals surface area (Å²) in [5.74, 6) is -0.962. The quantitative estimate of drug-likeness (QED) is 0.857. The van der Waals surface area contributed by atoms with Crippen molar-refractivity contribution >= 4 is 11.6 Å². The van der Waals surface area contributed by atoms with Gasteiger partial charge in [-0.2, -0.15) is 13.2 Å². The second kappa shape index (κ2) is 6.95. The van der Waals surface area contributed by atoms with Gasteiger partial charge in [0.25, 0.3) is 0 Å². The second-order valence-electron chi connectivity index (χ2n) is 5.11. The van der Waals surface area contributed by atoms with Gasteiger partial charge in [0.2, 0.25) is 5.91 Å². The van der Waals surface area contributed by atoms with E-state index in [1.165, 1.54) is 6.07 Å². The van der Waals surface area contributed by atoms with Gasteiger partial charge in [-0.25, -0.2) is 4.39 Å². The number of nitrogens with zero attached hydrogens (tertiary/aromatic N) is 2. The molecule has 0 saturated carbocycles. The van der Waals surface area contributed by atoms with Gasteiger partial charge in [-0.15, -0.1) is 0 Å². The zero-order valence-electron chi connectivity index (χ0n) is 11.9. The normalized spacial score (nSPS) is 16.6. The van der Waals surface area contributed by atoms with E-state index in [4.69, 9.17) is 0 Å². The van der Waals surface area contributed by atoms with Crippen LogP contribution in [-0.4, -0.2) is 56.3 Å². The Morgan fingerprint density at radius 3 is 2.36 bits per heavy atom. The Hall–Kier alpha value is -1.83. The number of carbonyl (C=O) groups is 1. The molecule has 122 valence electrons. The number of amides is 1. The molecule has 8 heteroatoms. The highest BCUT2D eigenvalue weighted by atomic mass is 19.4. The molecule has 1 aromatic rings. The van der Waals surface area contributed by atoms with Crippen LogP contribution in [0.3, 0.4) is 0 Å².